The molecule has 0 aromatic rings. The summed E-state index contributed by atoms with van der Waals surface area (Å²) in [4.78, 5) is 0. The minimum atomic E-state index is 0.0493. The fourth-order valence-corrected chi connectivity index (χ4v) is 3.07. The Morgan fingerprint density at radius 3 is 2.86 bits per heavy atom. The van der Waals surface area contributed by atoms with Gasteiger partial charge in [-0.1, -0.05) is 13.8 Å². The summed E-state index contributed by atoms with van der Waals surface area (Å²) in [6.45, 7) is 4.47. The summed E-state index contributed by atoms with van der Waals surface area (Å²) in [7, 11) is 0. The number of rotatable bonds is 5. The van der Waals surface area contributed by atoms with Gasteiger partial charge in [0.05, 0.1) is 11.5 Å². The third-order valence-corrected chi connectivity index (χ3v) is 4.23. The van der Waals surface area contributed by atoms with Gasteiger partial charge in [0, 0.05) is 0 Å². The molecule has 0 aromatic heterocycles. The first-order valence-corrected chi connectivity index (χ1v) is 6.87. The molecule has 1 nitrogen and oxygen atoms in total. The van der Waals surface area contributed by atoms with Crippen molar-refractivity contribution in [1.82, 2.24) is 0 Å². The topological polar surface area (TPSA) is 23.8 Å². The van der Waals surface area contributed by atoms with Gasteiger partial charge < -0.3 is 0 Å². The van der Waals surface area contributed by atoms with Crippen molar-refractivity contribution in [2.75, 3.05) is 11.5 Å². The van der Waals surface area contributed by atoms with Gasteiger partial charge in [0.2, 0.25) is 0 Å². The molecule has 0 spiro atoms. The minimum absolute atomic E-state index is 0.0493. The quantitative estimate of drug-likeness (QED) is 0.645. The molecule has 0 amide bonds. The van der Waals surface area contributed by atoms with Crippen molar-refractivity contribution in [1.29, 1.82) is 5.26 Å². The van der Waals surface area contributed by atoms with Crippen LogP contribution in [-0.4, -0.2) is 11.5 Å². The average Bonchev–Trinajstić information content (AvgIpc) is 2.56. The van der Waals surface area contributed by atoms with Gasteiger partial charge in [-0.15, -0.1) is 0 Å². The van der Waals surface area contributed by atoms with E-state index in [-0.39, 0.29) is 5.41 Å². The Bertz CT molecular complexity index is 209. The van der Waals surface area contributed by atoms with Gasteiger partial charge >= 0.3 is 0 Å². The Labute approximate surface area is 92.3 Å². The summed E-state index contributed by atoms with van der Waals surface area (Å²) in [6.07, 6.45) is 5.88. The normalized spacial score (nSPS) is 31.6. The number of thioether (sulfide) groups is 1. The highest BCUT2D eigenvalue weighted by Crippen LogP contribution is 2.44. The summed E-state index contributed by atoms with van der Waals surface area (Å²) in [5.74, 6) is 3.21. The van der Waals surface area contributed by atoms with Crippen LogP contribution in [0.2, 0.25) is 0 Å². The predicted molar refractivity (Wildman–Crippen MR) is 63.3 cm³/mol. The molecule has 1 rings (SSSR count). The average molecular weight is 211 g/mol. The van der Waals surface area contributed by atoms with Crippen molar-refractivity contribution in [2.24, 2.45) is 11.3 Å². The van der Waals surface area contributed by atoms with E-state index in [1.807, 2.05) is 11.8 Å². The van der Waals surface area contributed by atoms with Crippen molar-refractivity contribution < 1.29 is 0 Å². The van der Waals surface area contributed by atoms with Crippen LogP contribution in [0.15, 0.2) is 0 Å². The lowest BCUT2D eigenvalue weighted by molar-refractivity contribution is 0.360. The van der Waals surface area contributed by atoms with E-state index in [0.717, 1.165) is 25.2 Å². The van der Waals surface area contributed by atoms with Gasteiger partial charge in [0.25, 0.3) is 0 Å². The molecule has 1 fully saturated rings. The second kappa shape index (κ2) is 5.66. The maximum absolute atomic E-state index is 9.23. The van der Waals surface area contributed by atoms with Crippen LogP contribution >= 0.6 is 11.8 Å². The largest absolute Gasteiger partial charge is 0.198 e. The number of hydrogen-bond acceptors (Lipinski definition) is 2. The summed E-state index contributed by atoms with van der Waals surface area (Å²) in [5.41, 5.74) is 0.0493. The number of nitrogens with zero attached hydrogens (tertiary/aromatic N) is 1. The highest BCUT2D eigenvalue weighted by Gasteiger charge is 2.36. The highest BCUT2D eigenvalue weighted by molar-refractivity contribution is 7.99. The Kier molecular flexibility index (Phi) is 4.81. The second-order valence-electron chi connectivity index (χ2n) is 4.54. The van der Waals surface area contributed by atoms with Crippen molar-refractivity contribution in [2.45, 2.75) is 46.0 Å². The smallest absolute Gasteiger partial charge is 0.0689 e. The Hall–Kier alpha value is -0.160. The van der Waals surface area contributed by atoms with Crippen molar-refractivity contribution in [3.63, 3.8) is 0 Å². The van der Waals surface area contributed by atoms with Gasteiger partial charge in [0.15, 0.2) is 0 Å². The molecular weight excluding hydrogens is 190 g/mol. The van der Waals surface area contributed by atoms with Crippen LogP contribution in [0.25, 0.3) is 0 Å². The minimum Gasteiger partial charge on any atom is -0.198 e. The first-order valence-electron chi connectivity index (χ1n) is 5.71. The summed E-state index contributed by atoms with van der Waals surface area (Å²) in [5, 5.41) is 9.23. The molecule has 0 heterocycles. The molecule has 0 aromatic carbocycles. The zero-order chi connectivity index (χ0) is 10.4. The van der Waals surface area contributed by atoms with Crippen LogP contribution in [0, 0.1) is 22.7 Å². The van der Waals surface area contributed by atoms with Crippen molar-refractivity contribution in [3.05, 3.63) is 0 Å². The zero-order valence-electron chi connectivity index (χ0n) is 9.38. The van der Waals surface area contributed by atoms with E-state index in [9.17, 15) is 5.26 Å². The summed E-state index contributed by atoms with van der Waals surface area (Å²) < 4.78 is 0. The fraction of sp³-hybridized carbons (Fsp3) is 0.917. The molecule has 0 radical (unpaired) electrons. The highest BCUT2D eigenvalue weighted by atomic mass is 32.2. The molecule has 1 aliphatic rings. The lowest BCUT2D eigenvalue weighted by atomic mass is 9.83. The molecule has 14 heavy (non-hydrogen) atoms. The second-order valence-corrected chi connectivity index (χ2v) is 5.93. The summed E-state index contributed by atoms with van der Waals surface area (Å²) in [6, 6.07) is 2.58. The molecule has 1 aliphatic carbocycles. The Morgan fingerprint density at radius 2 is 2.36 bits per heavy atom. The molecule has 2 unspecified atom stereocenters. The van der Waals surface area contributed by atoms with E-state index in [1.54, 1.807) is 0 Å². The van der Waals surface area contributed by atoms with Crippen LogP contribution < -0.4 is 0 Å². The molecule has 0 aliphatic heterocycles. The van der Waals surface area contributed by atoms with Crippen LogP contribution in [0.5, 0.6) is 0 Å². The lowest BCUT2D eigenvalue weighted by Gasteiger charge is -2.20. The zero-order valence-corrected chi connectivity index (χ0v) is 10.2. The molecule has 0 saturated heterocycles. The molecule has 1 saturated carbocycles. The molecule has 2 heteroatoms. The summed E-state index contributed by atoms with van der Waals surface area (Å²) >= 11 is 1.99. The molecular formula is C12H21NS. The van der Waals surface area contributed by atoms with E-state index < -0.39 is 0 Å². The van der Waals surface area contributed by atoms with Gasteiger partial charge in [-0.05, 0) is 49.5 Å². The van der Waals surface area contributed by atoms with E-state index >= 15 is 0 Å². The number of hydrogen-bond donors (Lipinski definition) is 0. The first-order chi connectivity index (χ1) is 6.72. The van der Waals surface area contributed by atoms with Crippen LogP contribution in [-0.2, 0) is 0 Å². The molecule has 0 bridgehead atoms. The third-order valence-electron chi connectivity index (χ3n) is 3.24. The Morgan fingerprint density at radius 1 is 1.57 bits per heavy atom. The van der Waals surface area contributed by atoms with Crippen LogP contribution in [0.3, 0.4) is 0 Å². The predicted octanol–water partition coefficient (Wildman–Crippen LogP) is 3.85. The van der Waals surface area contributed by atoms with Gasteiger partial charge in [-0.2, -0.15) is 17.0 Å². The maximum Gasteiger partial charge on any atom is 0.0689 e. The van der Waals surface area contributed by atoms with Crippen molar-refractivity contribution >= 4 is 11.8 Å². The SMILES string of the molecule is CCSCCCC1(C#N)CCC(C)C1. The van der Waals surface area contributed by atoms with E-state index in [4.69, 9.17) is 0 Å². The third kappa shape index (κ3) is 3.20. The van der Waals surface area contributed by atoms with Crippen LogP contribution in [0.1, 0.15) is 46.0 Å². The Balaban J connectivity index is 2.29. The fourth-order valence-electron chi connectivity index (χ4n) is 2.44. The standard InChI is InChI=1S/C12H21NS/c1-3-14-8-4-6-12(10-13)7-5-11(2)9-12/h11H,3-9H2,1-2H3. The molecule has 80 valence electrons. The first kappa shape index (κ1) is 11.9. The lowest BCUT2D eigenvalue weighted by Crippen LogP contribution is -2.14. The van der Waals surface area contributed by atoms with E-state index in [0.29, 0.717) is 0 Å². The maximum atomic E-state index is 9.23. The van der Waals surface area contributed by atoms with Crippen LogP contribution in [0.4, 0.5) is 0 Å². The van der Waals surface area contributed by atoms with E-state index in [2.05, 4.69) is 19.9 Å². The van der Waals surface area contributed by atoms with Gasteiger partial charge in [-0.3, -0.25) is 0 Å². The number of nitriles is 1. The monoisotopic (exact) mass is 211 g/mol. The molecule has 0 N–H and O–H groups in total. The van der Waals surface area contributed by atoms with Crippen molar-refractivity contribution in [3.8, 4) is 6.07 Å². The van der Waals surface area contributed by atoms with E-state index in [1.165, 1.54) is 24.3 Å². The van der Waals surface area contributed by atoms with Gasteiger partial charge in [0.1, 0.15) is 0 Å². The molecule has 2 atom stereocenters. The van der Waals surface area contributed by atoms with Gasteiger partial charge in [-0.25, -0.2) is 0 Å².